The molecule has 0 atom stereocenters. The summed E-state index contributed by atoms with van der Waals surface area (Å²) in [6.07, 6.45) is 6.51. The molecule has 2 aliphatic rings. The number of hydrogen-bond donors (Lipinski definition) is 1. The average Bonchev–Trinajstić information content (AvgIpc) is 3.42. The van der Waals surface area contributed by atoms with Gasteiger partial charge < -0.3 is 15.1 Å². The monoisotopic (exact) mass is 550 g/mol. The highest BCUT2D eigenvalue weighted by Crippen LogP contribution is 2.36. The molecule has 41 heavy (non-hydrogen) atoms. The van der Waals surface area contributed by atoms with Crippen LogP contribution in [0.5, 0.6) is 0 Å². The van der Waals surface area contributed by atoms with Gasteiger partial charge in [0, 0.05) is 61.3 Å². The van der Waals surface area contributed by atoms with E-state index in [4.69, 9.17) is 0 Å². The molecule has 3 aromatic carbocycles. The number of aliphatic imine (C=N–C) groups is 1. The molecule has 0 unspecified atom stereocenters. The Kier molecular flexibility index (Phi) is 9.24. The van der Waals surface area contributed by atoms with Crippen LogP contribution in [-0.4, -0.2) is 55.0 Å². The van der Waals surface area contributed by atoms with Crippen molar-refractivity contribution in [3.05, 3.63) is 95.1 Å². The zero-order valence-electron chi connectivity index (χ0n) is 23.7. The number of benzene rings is 3. The fraction of sp³-hybridized carbons (Fsp3) is 0.353. The van der Waals surface area contributed by atoms with Crippen LogP contribution in [0.15, 0.2) is 77.8 Å². The fourth-order valence-electron chi connectivity index (χ4n) is 5.82. The Bertz CT molecular complexity index is 1410. The predicted molar refractivity (Wildman–Crippen MR) is 164 cm³/mol. The molecule has 0 aliphatic carbocycles. The number of amides is 3. The smallest absolute Gasteiger partial charge is 0.276 e. The lowest BCUT2D eigenvalue weighted by molar-refractivity contribution is -0.127. The van der Waals surface area contributed by atoms with Gasteiger partial charge in [0.05, 0.1) is 0 Å². The molecule has 5 rings (SSSR count). The topological polar surface area (TPSA) is 82.1 Å². The number of anilines is 2. The predicted octanol–water partition coefficient (Wildman–Crippen LogP) is 6.24. The third-order valence-corrected chi connectivity index (χ3v) is 8.12. The third kappa shape index (κ3) is 7.09. The van der Waals surface area contributed by atoms with Crippen LogP contribution >= 0.6 is 0 Å². The zero-order chi connectivity index (χ0) is 28.6. The normalized spacial score (nSPS) is 16.0. The quantitative estimate of drug-likeness (QED) is 0.252. The molecule has 2 aliphatic heterocycles. The van der Waals surface area contributed by atoms with E-state index < -0.39 is 0 Å². The fourth-order valence-corrected chi connectivity index (χ4v) is 5.82. The molecule has 1 N–H and O–H groups in total. The van der Waals surface area contributed by atoms with Crippen molar-refractivity contribution in [1.82, 2.24) is 4.90 Å². The van der Waals surface area contributed by atoms with E-state index in [9.17, 15) is 14.4 Å². The molecular formula is C34H38N4O3. The molecule has 3 aromatic rings. The summed E-state index contributed by atoms with van der Waals surface area (Å²) >= 11 is 0. The van der Waals surface area contributed by atoms with Gasteiger partial charge in [-0.25, -0.2) is 4.99 Å². The molecule has 0 aromatic heterocycles. The van der Waals surface area contributed by atoms with Crippen molar-refractivity contribution in [1.29, 1.82) is 0 Å². The number of carbonyl (C=O) groups excluding carboxylic acids is 3. The largest absolute Gasteiger partial charge is 0.371 e. The summed E-state index contributed by atoms with van der Waals surface area (Å²) in [7, 11) is 0. The first-order valence-corrected chi connectivity index (χ1v) is 14.6. The van der Waals surface area contributed by atoms with Gasteiger partial charge in [-0.15, -0.1) is 0 Å². The minimum absolute atomic E-state index is 0.200. The third-order valence-electron chi connectivity index (χ3n) is 8.12. The molecule has 0 spiro atoms. The van der Waals surface area contributed by atoms with Gasteiger partial charge in [0.2, 0.25) is 5.91 Å². The Morgan fingerprint density at radius 1 is 0.951 bits per heavy atom. The number of nitrogens with one attached hydrogen (secondary N) is 1. The Labute approximate surface area is 242 Å². The molecule has 2 heterocycles. The summed E-state index contributed by atoms with van der Waals surface area (Å²) in [4.78, 5) is 46.3. The number of rotatable bonds is 9. The number of nitrogens with zero attached hydrogens (tertiary/aromatic N) is 3. The first kappa shape index (κ1) is 28.3. The number of hydrogen-bond acceptors (Lipinski definition) is 4. The van der Waals surface area contributed by atoms with Crippen LogP contribution in [0.3, 0.4) is 0 Å². The average molecular weight is 551 g/mol. The van der Waals surface area contributed by atoms with Crippen molar-refractivity contribution < 1.29 is 14.4 Å². The molecule has 0 saturated carbocycles. The molecule has 0 bridgehead atoms. The van der Waals surface area contributed by atoms with E-state index in [0.29, 0.717) is 36.2 Å². The second-order valence-corrected chi connectivity index (χ2v) is 10.9. The number of aryl methyl sites for hydroxylation is 1. The lowest BCUT2D eigenvalue weighted by Gasteiger charge is -2.35. The highest BCUT2D eigenvalue weighted by atomic mass is 16.2. The van der Waals surface area contributed by atoms with Crippen LogP contribution in [0.2, 0.25) is 0 Å². The van der Waals surface area contributed by atoms with Crippen LogP contribution in [0.1, 0.15) is 76.3 Å². The zero-order valence-corrected chi connectivity index (χ0v) is 23.7. The first-order valence-electron chi connectivity index (χ1n) is 14.6. The summed E-state index contributed by atoms with van der Waals surface area (Å²) in [5.41, 5.74) is 5.28. The lowest BCUT2D eigenvalue weighted by Crippen LogP contribution is -2.33. The summed E-state index contributed by atoms with van der Waals surface area (Å²) in [6, 6.07) is 23.2. The summed E-state index contributed by atoms with van der Waals surface area (Å²) in [5.74, 6) is -0.0570. The van der Waals surface area contributed by atoms with E-state index in [0.717, 1.165) is 50.9 Å². The number of carbonyl (C=O) groups is 3. The SMILES string of the molecule is Cc1ccccc1N1CCC(c2ccc(C(=O)N=CCCCN3CCCC3=O)cc2NC(=O)c2ccccc2)CC1. The molecule has 3 amide bonds. The minimum Gasteiger partial charge on any atom is -0.371 e. The van der Waals surface area contributed by atoms with Crippen LogP contribution in [-0.2, 0) is 4.79 Å². The van der Waals surface area contributed by atoms with E-state index in [1.54, 1.807) is 24.4 Å². The number of piperidine rings is 1. The Morgan fingerprint density at radius 2 is 1.71 bits per heavy atom. The number of unbranched alkanes of at least 4 members (excludes halogenated alkanes) is 1. The molecular weight excluding hydrogens is 512 g/mol. The van der Waals surface area contributed by atoms with Crippen LogP contribution in [0, 0.1) is 6.92 Å². The van der Waals surface area contributed by atoms with E-state index in [2.05, 4.69) is 46.4 Å². The van der Waals surface area contributed by atoms with Gasteiger partial charge in [-0.2, -0.15) is 0 Å². The van der Waals surface area contributed by atoms with E-state index in [1.807, 2.05) is 35.2 Å². The van der Waals surface area contributed by atoms with E-state index >= 15 is 0 Å². The van der Waals surface area contributed by atoms with Crippen molar-refractivity contribution in [3.63, 3.8) is 0 Å². The highest BCUT2D eigenvalue weighted by molar-refractivity contribution is 6.06. The van der Waals surface area contributed by atoms with E-state index in [1.165, 1.54) is 11.3 Å². The maximum absolute atomic E-state index is 13.1. The molecule has 2 saturated heterocycles. The summed E-state index contributed by atoms with van der Waals surface area (Å²) in [5, 5.41) is 3.09. The Balaban J connectivity index is 1.28. The van der Waals surface area contributed by atoms with Gasteiger partial charge in [0.1, 0.15) is 0 Å². The van der Waals surface area contributed by atoms with Gasteiger partial charge in [-0.1, -0.05) is 42.5 Å². The molecule has 7 nitrogen and oxygen atoms in total. The van der Waals surface area contributed by atoms with Gasteiger partial charge >= 0.3 is 0 Å². The summed E-state index contributed by atoms with van der Waals surface area (Å²) in [6.45, 7) is 5.52. The first-order chi connectivity index (χ1) is 20.0. The van der Waals surface area contributed by atoms with Crippen molar-refractivity contribution in [2.45, 2.75) is 51.4 Å². The maximum atomic E-state index is 13.1. The molecule has 0 radical (unpaired) electrons. The minimum atomic E-state index is -0.335. The van der Waals surface area contributed by atoms with Gasteiger partial charge in [-0.05, 0) is 86.4 Å². The van der Waals surface area contributed by atoms with Gasteiger partial charge in [0.15, 0.2) is 0 Å². The van der Waals surface area contributed by atoms with Crippen LogP contribution < -0.4 is 10.2 Å². The van der Waals surface area contributed by atoms with Crippen LogP contribution in [0.4, 0.5) is 11.4 Å². The highest BCUT2D eigenvalue weighted by Gasteiger charge is 2.25. The number of para-hydroxylation sites is 1. The van der Waals surface area contributed by atoms with Crippen molar-refractivity contribution in [2.75, 3.05) is 36.4 Å². The second kappa shape index (κ2) is 13.4. The lowest BCUT2D eigenvalue weighted by atomic mass is 9.87. The van der Waals surface area contributed by atoms with Crippen molar-refractivity contribution in [3.8, 4) is 0 Å². The molecule has 7 heteroatoms. The number of likely N-dealkylation sites (tertiary alicyclic amines) is 1. The summed E-state index contributed by atoms with van der Waals surface area (Å²) < 4.78 is 0. The molecule has 2 fully saturated rings. The Morgan fingerprint density at radius 3 is 2.44 bits per heavy atom. The van der Waals surface area contributed by atoms with Gasteiger partial charge in [0.25, 0.3) is 11.8 Å². The molecule has 212 valence electrons. The van der Waals surface area contributed by atoms with E-state index in [-0.39, 0.29) is 23.6 Å². The van der Waals surface area contributed by atoms with Crippen LogP contribution in [0.25, 0.3) is 0 Å². The van der Waals surface area contributed by atoms with Gasteiger partial charge in [-0.3, -0.25) is 14.4 Å². The standard InChI is InChI=1S/C34H38N4O3/c1-25-10-5-6-13-31(25)37-22-17-26(18-23-37)29-16-15-28(24-30(29)36-34(41)27-11-3-2-4-12-27)33(40)35-19-7-8-20-38-21-9-14-32(38)39/h2-6,10-13,15-16,19,24,26H,7-9,14,17-18,20-23H2,1H3,(H,36,41). The van der Waals surface area contributed by atoms with Crippen molar-refractivity contribution >= 4 is 35.3 Å². The van der Waals surface area contributed by atoms with Crippen molar-refractivity contribution in [2.24, 2.45) is 4.99 Å². The Hall–Kier alpha value is -4.26. The second-order valence-electron chi connectivity index (χ2n) is 10.9. The maximum Gasteiger partial charge on any atom is 0.276 e.